The summed E-state index contributed by atoms with van der Waals surface area (Å²) < 4.78 is 0. The van der Waals surface area contributed by atoms with Crippen molar-refractivity contribution in [2.24, 2.45) is 17.8 Å². The molecule has 2 heterocycles. The molecule has 68 valence electrons. The number of nitrogens with zero attached hydrogens (tertiary/aromatic N) is 1. The molecule has 12 heavy (non-hydrogen) atoms. The molecule has 0 aromatic heterocycles. The highest BCUT2D eigenvalue weighted by atomic mass is 15.3. The van der Waals surface area contributed by atoms with E-state index in [4.69, 9.17) is 0 Å². The van der Waals surface area contributed by atoms with E-state index in [-0.39, 0.29) is 0 Å². The van der Waals surface area contributed by atoms with Gasteiger partial charge in [0.2, 0.25) is 0 Å². The van der Waals surface area contributed by atoms with Crippen LogP contribution < -0.4 is 0 Å². The lowest BCUT2D eigenvalue weighted by Gasteiger charge is -2.33. The smallest absolute Gasteiger partial charge is 0.0132 e. The Balaban J connectivity index is 1.89. The quantitative estimate of drug-likeness (QED) is 0.531. The van der Waals surface area contributed by atoms with Crippen LogP contribution in [0.5, 0.6) is 0 Å². The fourth-order valence-corrected chi connectivity index (χ4v) is 4.20. The molecule has 3 aliphatic rings. The molecule has 0 amide bonds. The van der Waals surface area contributed by atoms with Crippen LogP contribution in [0.25, 0.3) is 0 Å². The first-order valence-corrected chi connectivity index (χ1v) is 5.53. The fourth-order valence-electron chi connectivity index (χ4n) is 4.20. The zero-order valence-corrected chi connectivity index (χ0v) is 8.16. The van der Waals surface area contributed by atoms with Gasteiger partial charge >= 0.3 is 0 Å². The Bertz CT molecular complexity index is 201. The predicted octanol–water partition coefficient (Wildman–Crippen LogP) is 2.13. The first-order chi connectivity index (χ1) is 5.77. The van der Waals surface area contributed by atoms with Crippen molar-refractivity contribution in [2.45, 2.75) is 45.2 Å². The summed E-state index contributed by atoms with van der Waals surface area (Å²) in [5.41, 5.74) is 0. The summed E-state index contributed by atoms with van der Waals surface area (Å²) >= 11 is 0. The number of hydrogen-bond donors (Lipinski definition) is 0. The maximum absolute atomic E-state index is 2.79. The van der Waals surface area contributed by atoms with Gasteiger partial charge in [0.25, 0.3) is 0 Å². The van der Waals surface area contributed by atoms with E-state index in [9.17, 15) is 0 Å². The second kappa shape index (κ2) is 2.25. The molecule has 0 spiro atoms. The first-order valence-electron chi connectivity index (χ1n) is 5.53. The summed E-state index contributed by atoms with van der Waals surface area (Å²) in [7, 11) is 0. The highest BCUT2D eigenvalue weighted by molar-refractivity contribution is 5.06. The maximum atomic E-state index is 2.79. The predicted molar refractivity (Wildman–Crippen MR) is 50.0 cm³/mol. The normalized spacial score (nSPS) is 62.5. The highest BCUT2D eigenvalue weighted by Crippen LogP contribution is 2.51. The minimum atomic E-state index is 0.904. The van der Waals surface area contributed by atoms with Crippen LogP contribution in [0.15, 0.2) is 0 Å². The van der Waals surface area contributed by atoms with Crippen molar-refractivity contribution in [3.05, 3.63) is 0 Å². The third-order valence-electron chi connectivity index (χ3n) is 4.64. The molecule has 2 bridgehead atoms. The monoisotopic (exact) mass is 165 g/mol. The van der Waals surface area contributed by atoms with E-state index in [0.717, 1.165) is 29.8 Å². The summed E-state index contributed by atoms with van der Waals surface area (Å²) in [6, 6.07) is 1.90. The van der Waals surface area contributed by atoms with Crippen LogP contribution in [0.4, 0.5) is 0 Å². The first kappa shape index (κ1) is 7.37. The summed E-state index contributed by atoms with van der Waals surface area (Å²) in [5, 5.41) is 0. The minimum absolute atomic E-state index is 0.904. The molecular formula is C11H19N. The number of piperidine rings is 1. The molecule has 2 aliphatic heterocycles. The van der Waals surface area contributed by atoms with Gasteiger partial charge in [-0.1, -0.05) is 6.92 Å². The molecule has 1 nitrogen and oxygen atoms in total. The molecule has 3 rings (SSSR count). The third kappa shape index (κ3) is 0.736. The Hall–Kier alpha value is -0.0400. The average Bonchev–Trinajstić information content (AvgIpc) is 2.62. The Kier molecular flexibility index (Phi) is 1.39. The van der Waals surface area contributed by atoms with Gasteiger partial charge in [-0.05, 0) is 43.9 Å². The molecule has 6 unspecified atom stereocenters. The zero-order valence-electron chi connectivity index (χ0n) is 8.16. The molecule has 2 saturated heterocycles. The molecule has 3 fully saturated rings. The molecular weight excluding hydrogens is 146 g/mol. The van der Waals surface area contributed by atoms with Gasteiger partial charge in [-0.25, -0.2) is 0 Å². The molecule has 0 N–H and O–H groups in total. The van der Waals surface area contributed by atoms with Crippen molar-refractivity contribution >= 4 is 0 Å². The van der Waals surface area contributed by atoms with Gasteiger partial charge in [0.15, 0.2) is 0 Å². The van der Waals surface area contributed by atoms with Crippen LogP contribution >= 0.6 is 0 Å². The molecule has 1 heteroatoms. The van der Waals surface area contributed by atoms with Crippen molar-refractivity contribution in [3.8, 4) is 0 Å². The Labute approximate surface area is 75.1 Å². The zero-order chi connectivity index (χ0) is 8.29. The van der Waals surface area contributed by atoms with Crippen molar-refractivity contribution < 1.29 is 0 Å². The van der Waals surface area contributed by atoms with E-state index < -0.39 is 0 Å². The van der Waals surface area contributed by atoms with Crippen molar-refractivity contribution in [1.29, 1.82) is 0 Å². The standard InChI is InChI=1S/C11H19N/c1-7-3-4-10-11(7)9-5-8(2)12(10)6-9/h7-11H,3-6H2,1-2H3. The average molecular weight is 165 g/mol. The van der Waals surface area contributed by atoms with Crippen molar-refractivity contribution in [2.75, 3.05) is 6.54 Å². The Morgan fingerprint density at radius 1 is 1.17 bits per heavy atom. The van der Waals surface area contributed by atoms with Crippen molar-refractivity contribution in [3.63, 3.8) is 0 Å². The molecule has 1 saturated carbocycles. The van der Waals surface area contributed by atoms with Gasteiger partial charge in [-0.2, -0.15) is 0 Å². The topological polar surface area (TPSA) is 3.24 Å². The van der Waals surface area contributed by atoms with Gasteiger partial charge in [0, 0.05) is 18.6 Å². The second-order valence-electron chi connectivity index (χ2n) is 5.24. The summed E-state index contributed by atoms with van der Waals surface area (Å²) in [5.74, 6) is 3.18. The molecule has 6 atom stereocenters. The third-order valence-corrected chi connectivity index (χ3v) is 4.64. The van der Waals surface area contributed by atoms with Crippen LogP contribution in [0.3, 0.4) is 0 Å². The van der Waals surface area contributed by atoms with E-state index in [1.165, 1.54) is 25.8 Å². The lowest BCUT2D eigenvalue weighted by atomic mass is 9.81. The van der Waals surface area contributed by atoms with Gasteiger partial charge in [-0.3, -0.25) is 4.90 Å². The maximum Gasteiger partial charge on any atom is 0.0132 e. The van der Waals surface area contributed by atoms with E-state index in [1.807, 2.05) is 0 Å². The van der Waals surface area contributed by atoms with E-state index >= 15 is 0 Å². The fraction of sp³-hybridized carbons (Fsp3) is 1.00. The van der Waals surface area contributed by atoms with Gasteiger partial charge in [0.1, 0.15) is 0 Å². The Morgan fingerprint density at radius 2 is 2.00 bits per heavy atom. The lowest BCUT2D eigenvalue weighted by molar-refractivity contribution is 0.154. The summed E-state index contributed by atoms with van der Waals surface area (Å²) in [6.45, 7) is 6.32. The van der Waals surface area contributed by atoms with Gasteiger partial charge in [-0.15, -0.1) is 0 Å². The van der Waals surface area contributed by atoms with Gasteiger partial charge < -0.3 is 0 Å². The van der Waals surface area contributed by atoms with Crippen molar-refractivity contribution in [1.82, 2.24) is 4.90 Å². The second-order valence-corrected chi connectivity index (χ2v) is 5.24. The number of hydrogen-bond acceptors (Lipinski definition) is 1. The van der Waals surface area contributed by atoms with Crippen LogP contribution in [0.2, 0.25) is 0 Å². The Morgan fingerprint density at radius 3 is 2.83 bits per heavy atom. The summed E-state index contributed by atoms with van der Waals surface area (Å²) in [6.07, 6.45) is 4.48. The van der Waals surface area contributed by atoms with Crippen LogP contribution in [0.1, 0.15) is 33.1 Å². The molecule has 1 aliphatic carbocycles. The van der Waals surface area contributed by atoms with E-state index in [1.54, 1.807) is 0 Å². The summed E-state index contributed by atoms with van der Waals surface area (Å²) in [4.78, 5) is 2.79. The SMILES string of the molecule is CC1CCC2C1C1CC(C)N2C1. The molecule has 0 aromatic carbocycles. The van der Waals surface area contributed by atoms with Gasteiger partial charge in [0.05, 0.1) is 0 Å². The minimum Gasteiger partial charge on any atom is -0.297 e. The van der Waals surface area contributed by atoms with E-state index in [0.29, 0.717) is 0 Å². The molecule has 0 aromatic rings. The number of rotatable bonds is 0. The van der Waals surface area contributed by atoms with E-state index in [2.05, 4.69) is 18.7 Å². The molecule has 0 radical (unpaired) electrons. The van der Waals surface area contributed by atoms with Crippen LogP contribution in [-0.2, 0) is 0 Å². The highest BCUT2D eigenvalue weighted by Gasteiger charge is 2.53. The largest absolute Gasteiger partial charge is 0.297 e. The lowest BCUT2D eigenvalue weighted by Crippen LogP contribution is -2.38. The number of fused-ring (bicyclic) bond motifs is 5. The van der Waals surface area contributed by atoms with Crippen LogP contribution in [-0.4, -0.2) is 23.5 Å². The van der Waals surface area contributed by atoms with Crippen LogP contribution in [0, 0.1) is 17.8 Å².